The molecule has 1 aliphatic heterocycles. The summed E-state index contributed by atoms with van der Waals surface area (Å²) in [5, 5.41) is 35.8. The lowest BCUT2D eigenvalue weighted by Gasteiger charge is -2.20. The van der Waals surface area contributed by atoms with Crippen LogP contribution in [0.3, 0.4) is 0 Å². The van der Waals surface area contributed by atoms with Crippen LogP contribution in [0, 0.1) is 0 Å². The number of ether oxygens (including phenoxy) is 2. The Bertz CT molecular complexity index is 1640. The summed E-state index contributed by atoms with van der Waals surface area (Å²) in [7, 11) is 0. The minimum atomic E-state index is -4.90. The van der Waals surface area contributed by atoms with E-state index in [2.05, 4.69) is 20.3 Å². The Kier molecular flexibility index (Phi) is 10.2. The molecule has 0 aliphatic carbocycles. The van der Waals surface area contributed by atoms with Crippen molar-refractivity contribution >= 4 is 28.8 Å². The Hall–Kier alpha value is -4.51. The molecule has 1 fully saturated rings. The largest absolute Gasteiger partial charge is 0.493 e. The van der Waals surface area contributed by atoms with Gasteiger partial charge in [0.15, 0.2) is 23.2 Å². The number of hydrogen-bond donors (Lipinski definition) is 6. The Morgan fingerprint density at radius 3 is 2.57 bits per heavy atom. The lowest BCUT2D eigenvalue weighted by Crippen LogP contribution is -2.37. The predicted molar refractivity (Wildman–Crippen MR) is 160 cm³/mol. The molecule has 1 aliphatic rings. The van der Waals surface area contributed by atoms with E-state index in [1.807, 2.05) is 53.8 Å². The van der Waals surface area contributed by atoms with Crippen molar-refractivity contribution in [3.05, 3.63) is 60.4 Å². The number of nitrogens with two attached hydrogens (primary N) is 1. The Morgan fingerprint density at radius 2 is 1.85 bits per heavy atom. The van der Waals surface area contributed by atoms with Gasteiger partial charge in [0.2, 0.25) is 5.95 Å². The van der Waals surface area contributed by atoms with E-state index in [1.165, 1.54) is 10.9 Å². The number of nitrogen functional groups attached to an aromatic ring is 1. The monoisotopic (exact) mass is 645 g/mol. The average Bonchev–Trinajstić information content (AvgIpc) is 3.55. The Morgan fingerprint density at radius 1 is 1.07 bits per heavy atom. The van der Waals surface area contributed by atoms with Gasteiger partial charge in [0.1, 0.15) is 30.4 Å². The van der Waals surface area contributed by atoms with Crippen LogP contribution in [0.5, 0.6) is 5.75 Å². The van der Waals surface area contributed by atoms with E-state index in [-0.39, 0.29) is 36.0 Å². The molecule has 0 radical (unpaired) electrons. The number of imidazole rings is 1. The molecule has 0 bridgehead atoms. The van der Waals surface area contributed by atoms with Crippen molar-refractivity contribution in [2.75, 3.05) is 30.8 Å². The number of aromatic nitrogens is 4. The van der Waals surface area contributed by atoms with Crippen molar-refractivity contribution in [2.45, 2.75) is 56.5 Å². The number of alkyl halides is 3. The second-order valence-electron chi connectivity index (χ2n) is 10.7. The second-order valence-corrected chi connectivity index (χ2v) is 10.7. The third-order valence-corrected chi connectivity index (χ3v) is 7.48. The van der Waals surface area contributed by atoms with Crippen molar-refractivity contribution in [2.24, 2.45) is 0 Å². The number of rotatable bonds is 13. The van der Waals surface area contributed by atoms with Crippen LogP contribution >= 0.6 is 0 Å². The van der Waals surface area contributed by atoms with Crippen molar-refractivity contribution in [1.82, 2.24) is 24.8 Å². The first-order valence-corrected chi connectivity index (χ1v) is 14.6. The topological polar surface area (TPSA) is 190 Å². The number of carbonyl (C=O) groups is 1. The third kappa shape index (κ3) is 7.31. The number of unbranched alkanes of at least 4 members (excludes halogenated alkanes) is 2. The number of hydrogen-bond acceptors (Lipinski definition) is 11. The molecular formula is C30H34F3N7O6. The number of halogens is 3. The van der Waals surface area contributed by atoms with E-state index in [0.717, 1.165) is 16.7 Å². The highest BCUT2D eigenvalue weighted by atomic mass is 19.4. The summed E-state index contributed by atoms with van der Waals surface area (Å²) in [4.78, 5) is 23.7. The third-order valence-electron chi connectivity index (χ3n) is 7.48. The maximum atomic E-state index is 12.4. The molecule has 16 heteroatoms. The summed E-state index contributed by atoms with van der Waals surface area (Å²) in [6.07, 6.45) is -7.08. The van der Waals surface area contributed by atoms with Gasteiger partial charge in [0.05, 0.1) is 13.2 Å². The fraction of sp³-hybridized carbons (Fsp3) is 0.400. The maximum Gasteiger partial charge on any atom is 0.471 e. The predicted octanol–water partition coefficient (Wildman–Crippen LogP) is 2.53. The Labute approximate surface area is 261 Å². The van der Waals surface area contributed by atoms with Gasteiger partial charge in [-0.3, -0.25) is 9.36 Å². The molecule has 46 heavy (non-hydrogen) atoms. The fourth-order valence-electron chi connectivity index (χ4n) is 5.11. The van der Waals surface area contributed by atoms with Gasteiger partial charge in [-0.15, -0.1) is 0 Å². The zero-order valence-electron chi connectivity index (χ0n) is 24.5. The van der Waals surface area contributed by atoms with Crippen LogP contribution in [0.4, 0.5) is 24.9 Å². The molecule has 4 atom stereocenters. The standard InChI is InChI=1S/C30H34F3N7O6/c31-30(32,33)28(44)35-11-5-2-6-12-45-20-13-17(9-10-19(20)18-7-3-1-4-8-18)14-36-29-39-22-25(34)37-16-38-26(22)40(29)27-24(43)23(42)21(15-41)46-27/h1,3-4,7-10,13,16,21,23-24,27,41-43H,2,5-6,11-12,14-15H2,(H,35,44)(H,36,39)(H2,34,37,38)/t21-,23-,24-,27-/m1/s1. The highest BCUT2D eigenvalue weighted by Gasteiger charge is 2.45. The van der Waals surface area contributed by atoms with E-state index in [1.54, 1.807) is 0 Å². The fourth-order valence-corrected chi connectivity index (χ4v) is 5.11. The van der Waals surface area contributed by atoms with Gasteiger partial charge < -0.3 is 41.2 Å². The van der Waals surface area contributed by atoms with Crippen molar-refractivity contribution in [3.8, 4) is 16.9 Å². The van der Waals surface area contributed by atoms with Gasteiger partial charge in [0.25, 0.3) is 0 Å². The molecule has 1 saturated heterocycles. The average molecular weight is 646 g/mol. The molecule has 2 aromatic heterocycles. The van der Waals surface area contributed by atoms with Crippen LogP contribution in [0.2, 0.25) is 0 Å². The van der Waals surface area contributed by atoms with Gasteiger partial charge in [-0.2, -0.15) is 13.2 Å². The summed E-state index contributed by atoms with van der Waals surface area (Å²) in [6.45, 7) is -0.0650. The van der Waals surface area contributed by atoms with Crippen LogP contribution in [0.15, 0.2) is 54.9 Å². The summed E-state index contributed by atoms with van der Waals surface area (Å²) in [5.74, 6) is -1.04. The Balaban J connectivity index is 1.31. The van der Waals surface area contributed by atoms with Gasteiger partial charge in [-0.1, -0.05) is 42.5 Å². The van der Waals surface area contributed by atoms with E-state index in [0.29, 0.717) is 31.6 Å². The number of nitrogens with one attached hydrogen (secondary N) is 2. The first-order valence-electron chi connectivity index (χ1n) is 14.6. The normalized spacial score (nSPS) is 19.8. The minimum Gasteiger partial charge on any atom is -0.493 e. The number of aliphatic hydroxyl groups excluding tert-OH is 3. The summed E-state index contributed by atoms with van der Waals surface area (Å²) < 4.78 is 50.4. The SMILES string of the molecule is Nc1ncnc2c1nc(NCc1ccc(-c3ccccc3)c(OCCCCCNC(=O)C(F)(F)F)c1)n2[C@@H]1O[C@H](CO)[C@@H](O)[C@H]1O. The summed E-state index contributed by atoms with van der Waals surface area (Å²) in [5.41, 5.74) is 9.10. The zero-order chi connectivity index (χ0) is 32.8. The molecule has 2 aromatic carbocycles. The lowest BCUT2D eigenvalue weighted by molar-refractivity contribution is -0.173. The van der Waals surface area contributed by atoms with Crippen LogP contribution in [0.1, 0.15) is 31.1 Å². The van der Waals surface area contributed by atoms with Crippen LogP contribution in [-0.4, -0.2) is 85.0 Å². The van der Waals surface area contributed by atoms with Crippen LogP contribution in [-0.2, 0) is 16.1 Å². The maximum absolute atomic E-state index is 12.4. The summed E-state index contributed by atoms with van der Waals surface area (Å²) >= 11 is 0. The molecule has 0 unspecified atom stereocenters. The molecule has 1 amide bonds. The quantitative estimate of drug-likeness (QED) is 0.117. The highest BCUT2D eigenvalue weighted by molar-refractivity contribution is 5.84. The lowest BCUT2D eigenvalue weighted by atomic mass is 10.0. The first kappa shape index (κ1) is 32.9. The van der Waals surface area contributed by atoms with Gasteiger partial charge in [-0.25, -0.2) is 15.0 Å². The number of nitrogens with zero attached hydrogens (tertiary/aromatic N) is 4. The second kappa shape index (κ2) is 14.3. The molecule has 7 N–H and O–H groups in total. The molecule has 246 valence electrons. The smallest absolute Gasteiger partial charge is 0.471 e. The molecule has 13 nitrogen and oxygen atoms in total. The highest BCUT2D eigenvalue weighted by Crippen LogP contribution is 2.36. The van der Waals surface area contributed by atoms with Gasteiger partial charge in [0, 0.05) is 18.7 Å². The van der Waals surface area contributed by atoms with Crippen molar-refractivity contribution in [1.29, 1.82) is 0 Å². The number of amides is 1. The number of fused-ring (bicyclic) bond motifs is 1. The van der Waals surface area contributed by atoms with E-state index in [4.69, 9.17) is 15.2 Å². The van der Waals surface area contributed by atoms with Crippen molar-refractivity contribution in [3.63, 3.8) is 0 Å². The molecular weight excluding hydrogens is 611 g/mol. The first-order chi connectivity index (χ1) is 22.1. The van der Waals surface area contributed by atoms with Crippen molar-refractivity contribution < 1.29 is 42.8 Å². The van der Waals surface area contributed by atoms with Gasteiger partial charge >= 0.3 is 12.1 Å². The number of anilines is 2. The summed E-state index contributed by atoms with van der Waals surface area (Å²) in [6, 6.07) is 15.3. The molecule has 3 heterocycles. The molecule has 5 rings (SSSR count). The minimum absolute atomic E-state index is 0.0840. The number of carbonyl (C=O) groups excluding carboxylic acids is 1. The number of benzene rings is 2. The van der Waals surface area contributed by atoms with E-state index < -0.39 is 43.2 Å². The zero-order valence-corrected chi connectivity index (χ0v) is 24.5. The molecule has 0 spiro atoms. The number of aliphatic hydroxyl groups is 3. The molecule has 0 saturated carbocycles. The van der Waals surface area contributed by atoms with Crippen LogP contribution in [0.25, 0.3) is 22.3 Å². The van der Waals surface area contributed by atoms with Crippen LogP contribution < -0.4 is 21.1 Å². The van der Waals surface area contributed by atoms with E-state index >= 15 is 0 Å². The molecule has 4 aromatic rings. The van der Waals surface area contributed by atoms with E-state index in [9.17, 15) is 33.3 Å². The van der Waals surface area contributed by atoms with Gasteiger partial charge in [-0.05, 0) is 36.5 Å².